The van der Waals surface area contributed by atoms with Crippen LogP contribution in [0.4, 0.5) is 0 Å². The molecule has 0 amide bonds. The third-order valence-corrected chi connectivity index (χ3v) is 4.30. The fourth-order valence-corrected chi connectivity index (χ4v) is 3.02. The maximum absolute atomic E-state index is 6.47. The summed E-state index contributed by atoms with van der Waals surface area (Å²) >= 11 is 3.54. The standard InChI is InChI=1S/C16H22BrN/c1-12-9-10-14(17)11-15(12)16(18)13-7-5-3-2-4-6-8-13/h7,9-11,16H,2-6,8,18H2,1H3/b13-7+. The summed E-state index contributed by atoms with van der Waals surface area (Å²) in [6, 6.07) is 6.46. The fourth-order valence-electron chi connectivity index (χ4n) is 2.65. The maximum Gasteiger partial charge on any atom is 0.0513 e. The number of allylic oxidation sites excluding steroid dienone is 1. The van der Waals surface area contributed by atoms with Gasteiger partial charge >= 0.3 is 0 Å². The second-order valence-corrected chi connectivity index (χ2v) is 6.13. The second kappa shape index (κ2) is 6.53. The molecule has 1 nitrogen and oxygen atoms in total. The Morgan fingerprint density at radius 3 is 2.78 bits per heavy atom. The third-order valence-electron chi connectivity index (χ3n) is 3.80. The molecule has 0 fully saturated rings. The molecule has 0 aliphatic heterocycles. The number of hydrogen-bond acceptors (Lipinski definition) is 1. The lowest BCUT2D eigenvalue weighted by Gasteiger charge is -2.20. The normalized spacial score (nSPS) is 21.6. The summed E-state index contributed by atoms with van der Waals surface area (Å²) in [5, 5.41) is 0. The van der Waals surface area contributed by atoms with Crippen LogP contribution in [0.1, 0.15) is 55.7 Å². The Bertz CT molecular complexity index is 437. The Balaban J connectivity index is 2.23. The molecule has 1 atom stereocenters. The van der Waals surface area contributed by atoms with Gasteiger partial charge in [-0.25, -0.2) is 0 Å². The first-order valence-corrected chi connectivity index (χ1v) is 7.68. The predicted octanol–water partition coefficient (Wildman–Crippen LogP) is 5.04. The van der Waals surface area contributed by atoms with E-state index in [1.165, 1.54) is 48.8 Å². The van der Waals surface area contributed by atoms with Crippen molar-refractivity contribution in [3.63, 3.8) is 0 Å². The number of hydrogen-bond donors (Lipinski definition) is 1. The van der Waals surface area contributed by atoms with Crippen LogP contribution >= 0.6 is 15.9 Å². The molecule has 0 bridgehead atoms. The highest BCUT2D eigenvalue weighted by Gasteiger charge is 2.15. The average molecular weight is 308 g/mol. The van der Waals surface area contributed by atoms with E-state index in [1.807, 2.05) is 0 Å². The number of nitrogens with two attached hydrogens (primary N) is 1. The molecule has 0 saturated carbocycles. The summed E-state index contributed by atoms with van der Waals surface area (Å²) < 4.78 is 1.12. The van der Waals surface area contributed by atoms with E-state index in [2.05, 4.69) is 47.1 Å². The van der Waals surface area contributed by atoms with E-state index >= 15 is 0 Å². The number of halogens is 1. The molecular weight excluding hydrogens is 286 g/mol. The lowest BCUT2D eigenvalue weighted by atomic mass is 9.90. The summed E-state index contributed by atoms with van der Waals surface area (Å²) in [6.45, 7) is 2.14. The lowest BCUT2D eigenvalue weighted by Crippen LogP contribution is -2.15. The van der Waals surface area contributed by atoms with E-state index in [0.29, 0.717) is 0 Å². The van der Waals surface area contributed by atoms with Gasteiger partial charge in [-0.1, -0.05) is 46.5 Å². The van der Waals surface area contributed by atoms with Gasteiger partial charge in [0.15, 0.2) is 0 Å². The molecule has 0 radical (unpaired) electrons. The van der Waals surface area contributed by atoms with Gasteiger partial charge in [-0.15, -0.1) is 0 Å². The Hall–Kier alpha value is -0.600. The molecule has 0 spiro atoms. The molecule has 0 aromatic heterocycles. The summed E-state index contributed by atoms with van der Waals surface area (Å²) in [5.41, 5.74) is 10.4. The van der Waals surface area contributed by atoms with Crippen molar-refractivity contribution in [2.75, 3.05) is 0 Å². The Labute approximate surface area is 119 Å². The van der Waals surface area contributed by atoms with Gasteiger partial charge in [-0.2, -0.15) is 0 Å². The maximum atomic E-state index is 6.47. The molecule has 0 heterocycles. The van der Waals surface area contributed by atoms with E-state index in [1.54, 1.807) is 0 Å². The first-order chi connectivity index (χ1) is 8.68. The van der Waals surface area contributed by atoms with E-state index in [0.717, 1.165) is 10.9 Å². The third kappa shape index (κ3) is 3.46. The van der Waals surface area contributed by atoms with Crippen LogP contribution in [0, 0.1) is 6.92 Å². The van der Waals surface area contributed by atoms with Gasteiger partial charge in [-0.3, -0.25) is 0 Å². The van der Waals surface area contributed by atoms with Gasteiger partial charge < -0.3 is 5.73 Å². The second-order valence-electron chi connectivity index (χ2n) is 5.21. The number of rotatable bonds is 2. The SMILES string of the molecule is Cc1ccc(Br)cc1C(N)/C1=C/CCCCCC1. The average Bonchev–Trinajstić information content (AvgIpc) is 2.31. The smallest absolute Gasteiger partial charge is 0.0513 e. The Morgan fingerprint density at radius 1 is 1.17 bits per heavy atom. The minimum absolute atomic E-state index is 0.0700. The fraction of sp³-hybridized carbons (Fsp3) is 0.500. The molecule has 1 unspecified atom stereocenters. The van der Waals surface area contributed by atoms with Gasteiger partial charge in [0, 0.05) is 4.47 Å². The summed E-state index contributed by atoms with van der Waals surface area (Å²) in [7, 11) is 0. The van der Waals surface area contributed by atoms with Crippen molar-refractivity contribution >= 4 is 15.9 Å². The quantitative estimate of drug-likeness (QED) is 0.761. The number of aryl methyl sites for hydroxylation is 1. The van der Waals surface area contributed by atoms with Crippen LogP contribution in [0.2, 0.25) is 0 Å². The van der Waals surface area contributed by atoms with Crippen LogP contribution in [-0.2, 0) is 0 Å². The highest BCUT2D eigenvalue weighted by atomic mass is 79.9. The van der Waals surface area contributed by atoms with E-state index < -0.39 is 0 Å². The van der Waals surface area contributed by atoms with Crippen molar-refractivity contribution in [1.29, 1.82) is 0 Å². The highest BCUT2D eigenvalue weighted by Crippen LogP contribution is 2.30. The van der Waals surface area contributed by atoms with Crippen LogP contribution in [0.25, 0.3) is 0 Å². The molecule has 1 aliphatic rings. The van der Waals surface area contributed by atoms with Crippen LogP contribution in [-0.4, -0.2) is 0 Å². The van der Waals surface area contributed by atoms with Gasteiger partial charge in [0.05, 0.1) is 6.04 Å². The molecule has 0 saturated heterocycles. The molecule has 1 aliphatic carbocycles. The van der Waals surface area contributed by atoms with Crippen molar-refractivity contribution in [3.8, 4) is 0 Å². The van der Waals surface area contributed by atoms with Gasteiger partial charge in [0.25, 0.3) is 0 Å². The van der Waals surface area contributed by atoms with Crippen molar-refractivity contribution < 1.29 is 0 Å². The first kappa shape index (κ1) is 13.8. The molecule has 2 N–H and O–H groups in total. The summed E-state index contributed by atoms with van der Waals surface area (Å²) in [6.07, 6.45) is 10.0. The molecular formula is C16H22BrN. The Morgan fingerprint density at radius 2 is 1.94 bits per heavy atom. The minimum atomic E-state index is 0.0700. The molecule has 98 valence electrons. The summed E-state index contributed by atoms with van der Waals surface area (Å²) in [4.78, 5) is 0. The van der Waals surface area contributed by atoms with Crippen LogP contribution in [0.15, 0.2) is 34.3 Å². The lowest BCUT2D eigenvalue weighted by molar-refractivity contribution is 0.602. The predicted molar refractivity (Wildman–Crippen MR) is 81.6 cm³/mol. The van der Waals surface area contributed by atoms with Crippen LogP contribution in [0.5, 0.6) is 0 Å². The minimum Gasteiger partial charge on any atom is -0.321 e. The van der Waals surface area contributed by atoms with Crippen LogP contribution in [0.3, 0.4) is 0 Å². The van der Waals surface area contributed by atoms with Crippen LogP contribution < -0.4 is 5.73 Å². The van der Waals surface area contributed by atoms with E-state index in [-0.39, 0.29) is 6.04 Å². The van der Waals surface area contributed by atoms with Crippen molar-refractivity contribution in [2.45, 2.75) is 51.5 Å². The zero-order chi connectivity index (χ0) is 13.0. The van der Waals surface area contributed by atoms with E-state index in [9.17, 15) is 0 Å². The topological polar surface area (TPSA) is 26.0 Å². The largest absolute Gasteiger partial charge is 0.321 e. The molecule has 1 aromatic rings. The Kier molecular flexibility index (Phi) is 5.02. The highest BCUT2D eigenvalue weighted by molar-refractivity contribution is 9.10. The van der Waals surface area contributed by atoms with Crippen molar-refractivity contribution in [2.24, 2.45) is 5.73 Å². The monoisotopic (exact) mass is 307 g/mol. The van der Waals surface area contributed by atoms with Gasteiger partial charge in [0.2, 0.25) is 0 Å². The zero-order valence-corrected chi connectivity index (χ0v) is 12.7. The van der Waals surface area contributed by atoms with E-state index in [4.69, 9.17) is 5.73 Å². The summed E-state index contributed by atoms with van der Waals surface area (Å²) in [5.74, 6) is 0. The molecule has 1 aromatic carbocycles. The first-order valence-electron chi connectivity index (χ1n) is 6.89. The van der Waals surface area contributed by atoms with Crippen molar-refractivity contribution in [1.82, 2.24) is 0 Å². The number of benzene rings is 1. The zero-order valence-electron chi connectivity index (χ0n) is 11.1. The molecule has 2 heteroatoms. The van der Waals surface area contributed by atoms with Crippen molar-refractivity contribution in [3.05, 3.63) is 45.4 Å². The molecule has 18 heavy (non-hydrogen) atoms. The molecule has 2 rings (SSSR count). The van der Waals surface area contributed by atoms with Gasteiger partial charge in [0.1, 0.15) is 0 Å². The van der Waals surface area contributed by atoms with Gasteiger partial charge in [-0.05, 0) is 55.9 Å².